The molecule has 0 saturated carbocycles. The summed E-state index contributed by atoms with van der Waals surface area (Å²) in [5.74, 6) is 0.744. The summed E-state index contributed by atoms with van der Waals surface area (Å²) in [6.07, 6.45) is 3.89. The molecule has 1 aromatic rings. The topological polar surface area (TPSA) is 71.2 Å². The maximum Gasteiger partial charge on any atom is 0.255 e. The molecular weight excluding hydrogens is 240 g/mol. The largest absolute Gasteiger partial charge is 0.383 e. The van der Waals surface area contributed by atoms with Gasteiger partial charge in [0.05, 0.1) is 5.56 Å². The number of anilines is 1. The van der Waals surface area contributed by atoms with Crippen molar-refractivity contribution in [1.29, 1.82) is 0 Å². The first-order valence-corrected chi connectivity index (χ1v) is 6.91. The zero-order valence-electron chi connectivity index (χ0n) is 11.4. The van der Waals surface area contributed by atoms with E-state index in [1.165, 1.54) is 0 Å². The zero-order chi connectivity index (χ0) is 13.7. The molecule has 19 heavy (non-hydrogen) atoms. The highest BCUT2D eigenvalue weighted by Crippen LogP contribution is 2.16. The number of hydrogen-bond acceptors (Lipinski definition) is 4. The minimum atomic E-state index is -0.122. The first-order valence-electron chi connectivity index (χ1n) is 6.91. The summed E-state index contributed by atoms with van der Waals surface area (Å²) in [7, 11) is 0. The number of nitrogens with one attached hydrogen (secondary N) is 1. The van der Waals surface area contributed by atoms with Crippen molar-refractivity contribution in [2.45, 2.75) is 19.8 Å². The molecule has 0 atom stereocenters. The second-order valence-corrected chi connectivity index (χ2v) is 5.02. The van der Waals surface area contributed by atoms with Crippen LogP contribution in [0.4, 0.5) is 5.82 Å². The number of likely N-dealkylation sites (tertiary alicyclic amines) is 1. The third-order valence-electron chi connectivity index (χ3n) is 3.79. The third-order valence-corrected chi connectivity index (χ3v) is 3.79. The van der Waals surface area contributed by atoms with Gasteiger partial charge in [-0.05, 0) is 50.5 Å². The number of pyridine rings is 1. The molecule has 0 aromatic carbocycles. The number of hydrogen-bond donors (Lipinski definition) is 2. The van der Waals surface area contributed by atoms with Crippen LogP contribution in [0.25, 0.3) is 0 Å². The highest BCUT2D eigenvalue weighted by molar-refractivity contribution is 5.98. The van der Waals surface area contributed by atoms with E-state index in [2.05, 4.69) is 22.1 Å². The van der Waals surface area contributed by atoms with Crippen LogP contribution >= 0.6 is 0 Å². The lowest BCUT2D eigenvalue weighted by molar-refractivity contribution is 0.0937. The van der Waals surface area contributed by atoms with E-state index in [0.29, 0.717) is 17.3 Å². The van der Waals surface area contributed by atoms with Crippen LogP contribution in [-0.2, 0) is 0 Å². The van der Waals surface area contributed by atoms with Crippen molar-refractivity contribution >= 4 is 11.7 Å². The maximum atomic E-state index is 12.0. The number of rotatable bonds is 4. The molecule has 1 saturated heterocycles. The summed E-state index contributed by atoms with van der Waals surface area (Å²) in [6.45, 7) is 6.29. The maximum absolute atomic E-state index is 12.0. The van der Waals surface area contributed by atoms with E-state index in [4.69, 9.17) is 5.73 Å². The lowest BCUT2D eigenvalue weighted by Crippen LogP contribution is -2.38. The molecule has 5 heteroatoms. The smallest absolute Gasteiger partial charge is 0.255 e. The van der Waals surface area contributed by atoms with Gasteiger partial charge in [0, 0.05) is 12.7 Å². The summed E-state index contributed by atoms with van der Waals surface area (Å²) < 4.78 is 0. The van der Waals surface area contributed by atoms with Gasteiger partial charge in [-0.3, -0.25) is 4.79 Å². The van der Waals surface area contributed by atoms with E-state index < -0.39 is 0 Å². The van der Waals surface area contributed by atoms with Crippen molar-refractivity contribution in [3.8, 4) is 0 Å². The lowest BCUT2D eigenvalue weighted by Gasteiger charge is -2.31. The molecule has 104 valence electrons. The Balaban J connectivity index is 1.80. The Labute approximate surface area is 114 Å². The van der Waals surface area contributed by atoms with E-state index in [1.807, 2.05) is 0 Å². The van der Waals surface area contributed by atoms with Gasteiger partial charge in [-0.1, -0.05) is 6.92 Å². The highest BCUT2D eigenvalue weighted by Gasteiger charge is 2.19. The first-order chi connectivity index (χ1) is 9.20. The molecular formula is C14H22N4O. The van der Waals surface area contributed by atoms with Gasteiger partial charge >= 0.3 is 0 Å². The second kappa shape index (κ2) is 6.52. The van der Waals surface area contributed by atoms with Crippen LogP contribution in [0.15, 0.2) is 18.3 Å². The number of carbonyl (C=O) groups excluding carboxylic acids is 1. The summed E-state index contributed by atoms with van der Waals surface area (Å²) in [5, 5.41) is 2.96. The molecule has 0 aliphatic carbocycles. The predicted octanol–water partition coefficient (Wildman–Crippen LogP) is 1.13. The number of nitrogens with two attached hydrogens (primary N) is 1. The monoisotopic (exact) mass is 262 g/mol. The van der Waals surface area contributed by atoms with E-state index in [1.54, 1.807) is 18.3 Å². The van der Waals surface area contributed by atoms with E-state index >= 15 is 0 Å². The molecule has 1 aliphatic rings. The number of piperidine rings is 1. The number of amides is 1. The lowest BCUT2D eigenvalue weighted by atomic mass is 9.97. The molecule has 2 heterocycles. The van der Waals surface area contributed by atoms with Gasteiger partial charge < -0.3 is 16.0 Å². The van der Waals surface area contributed by atoms with Gasteiger partial charge in [-0.25, -0.2) is 4.98 Å². The van der Waals surface area contributed by atoms with Gasteiger partial charge in [0.2, 0.25) is 0 Å². The normalized spacial score (nSPS) is 17.3. The fourth-order valence-electron chi connectivity index (χ4n) is 2.45. The van der Waals surface area contributed by atoms with Crippen molar-refractivity contribution in [2.24, 2.45) is 5.92 Å². The molecule has 1 amide bonds. The molecule has 0 radical (unpaired) electrons. The predicted molar refractivity (Wildman–Crippen MR) is 75.8 cm³/mol. The van der Waals surface area contributed by atoms with Crippen LogP contribution in [0, 0.1) is 5.92 Å². The third kappa shape index (κ3) is 3.67. The number of carbonyl (C=O) groups is 1. The van der Waals surface area contributed by atoms with E-state index in [-0.39, 0.29) is 5.91 Å². The molecule has 3 N–H and O–H groups in total. The van der Waals surface area contributed by atoms with Gasteiger partial charge in [-0.2, -0.15) is 0 Å². The summed E-state index contributed by atoms with van der Waals surface area (Å²) >= 11 is 0. The Morgan fingerprint density at radius 2 is 2.26 bits per heavy atom. The Morgan fingerprint density at radius 3 is 2.89 bits per heavy atom. The molecule has 1 aromatic heterocycles. The molecule has 0 unspecified atom stereocenters. The van der Waals surface area contributed by atoms with Crippen LogP contribution in [0.2, 0.25) is 0 Å². The van der Waals surface area contributed by atoms with Gasteiger partial charge in [0.15, 0.2) is 0 Å². The molecule has 2 rings (SSSR count). The van der Waals surface area contributed by atoms with E-state index in [9.17, 15) is 4.79 Å². The second-order valence-electron chi connectivity index (χ2n) is 5.02. The summed E-state index contributed by atoms with van der Waals surface area (Å²) in [4.78, 5) is 18.4. The van der Waals surface area contributed by atoms with Crippen molar-refractivity contribution in [3.05, 3.63) is 23.9 Å². The zero-order valence-corrected chi connectivity index (χ0v) is 11.4. The van der Waals surface area contributed by atoms with Crippen LogP contribution < -0.4 is 11.1 Å². The van der Waals surface area contributed by atoms with Gasteiger partial charge in [0.25, 0.3) is 5.91 Å². The van der Waals surface area contributed by atoms with Crippen LogP contribution in [0.5, 0.6) is 0 Å². The van der Waals surface area contributed by atoms with Crippen molar-refractivity contribution in [2.75, 3.05) is 31.9 Å². The number of aromatic nitrogens is 1. The van der Waals surface area contributed by atoms with Crippen LogP contribution in [-0.4, -0.2) is 42.0 Å². The summed E-state index contributed by atoms with van der Waals surface area (Å²) in [6, 6.07) is 3.43. The Bertz CT molecular complexity index is 427. The number of nitrogen functional groups attached to an aromatic ring is 1. The van der Waals surface area contributed by atoms with Crippen LogP contribution in [0.3, 0.4) is 0 Å². The molecule has 0 spiro atoms. The standard InChI is InChI=1S/C14H22N4O/c1-2-18-8-5-11(6-9-18)10-17-14(19)12-4-3-7-16-13(12)15/h3-4,7,11H,2,5-6,8-10H2,1H3,(H2,15,16)(H,17,19). The van der Waals surface area contributed by atoms with Crippen LogP contribution in [0.1, 0.15) is 30.1 Å². The SMILES string of the molecule is CCN1CCC(CNC(=O)c2cccnc2N)CC1. The molecule has 1 fully saturated rings. The number of nitrogens with zero attached hydrogens (tertiary/aromatic N) is 2. The average Bonchev–Trinajstić information content (AvgIpc) is 2.46. The minimum Gasteiger partial charge on any atom is -0.383 e. The highest BCUT2D eigenvalue weighted by atomic mass is 16.1. The Morgan fingerprint density at radius 1 is 1.53 bits per heavy atom. The quantitative estimate of drug-likeness (QED) is 0.853. The van der Waals surface area contributed by atoms with Gasteiger partial charge in [0.1, 0.15) is 5.82 Å². The van der Waals surface area contributed by atoms with Crippen molar-refractivity contribution < 1.29 is 4.79 Å². The minimum absolute atomic E-state index is 0.122. The van der Waals surface area contributed by atoms with E-state index in [0.717, 1.165) is 39.0 Å². The van der Waals surface area contributed by atoms with Crippen molar-refractivity contribution in [3.63, 3.8) is 0 Å². The Kier molecular flexibility index (Phi) is 4.74. The summed E-state index contributed by atoms with van der Waals surface area (Å²) in [5.41, 5.74) is 6.15. The van der Waals surface area contributed by atoms with Gasteiger partial charge in [-0.15, -0.1) is 0 Å². The molecule has 0 bridgehead atoms. The Hall–Kier alpha value is -1.62. The fraction of sp³-hybridized carbons (Fsp3) is 0.571. The fourth-order valence-corrected chi connectivity index (χ4v) is 2.45. The molecule has 1 aliphatic heterocycles. The average molecular weight is 262 g/mol. The first kappa shape index (κ1) is 13.8. The van der Waals surface area contributed by atoms with Crippen molar-refractivity contribution in [1.82, 2.24) is 15.2 Å². The molecule has 5 nitrogen and oxygen atoms in total.